The zero-order valence-corrected chi connectivity index (χ0v) is 18.0. The second-order valence-corrected chi connectivity index (χ2v) is 6.87. The minimum Gasteiger partial charge on any atom is -0.493 e. The number of benzene rings is 1. The largest absolute Gasteiger partial charge is 0.493 e. The van der Waals surface area contributed by atoms with Crippen molar-refractivity contribution in [2.75, 3.05) is 21.3 Å². The maximum Gasteiger partial charge on any atom is 0.274 e. The van der Waals surface area contributed by atoms with Crippen molar-refractivity contribution < 1.29 is 23.5 Å². The van der Waals surface area contributed by atoms with E-state index in [0.29, 0.717) is 35.1 Å². The van der Waals surface area contributed by atoms with E-state index in [1.165, 1.54) is 0 Å². The molecule has 3 rings (SSSR count). The molecule has 9 heteroatoms. The van der Waals surface area contributed by atoms with Crippen molar-refractivity contribution in [3.8, 4) is 17.2 Å². The van der Waals surface area contributed by atoms with Gasteiger partial charge in [0.25, 0.3) is 5.91 Å². The molecule has 0 bridgehead atoms. The van der Waals surface area contributed by atoms with E-state index in [4.69, 9.17) is 18.7 Å². The minimum absolute atomic E-state index is 0.243. The molecule has 0 spiro atoms. The van der Waals surface area contributed by atoms with Crippen LogP contribution in [0, 0.1) is 20.8 Å². The van der Waals surface area contributed by atoms with Crippen LogP contribution in [0.15, 0.2) is 22.7 Å². The summed E-state index contributed by atoms with van der Waals surface area (Å²) in [6, 6.07) is 5.55. The molecule has 0 fully saturated rings. The number of ether oxygens (including phenoxy) is 3. The number of amides is 1. The fourth-order valence-corrected chi connectivity index (χ4v) is 3.24. The van der Waals surface area contributed by atoms with Crippen molar-refractivity contribution in [3.05, 3.63) is 52.2 Å². The van der Waals surface area contributed by atoms with Crippen molar-refractivity contribution in [3.63, 3.8) is 0 Å². The van der Waals surface area contributed by atoms with E-state index in [2.05, 4.69) is 15.6 Å². The van der Waals surface area contributed by atoms with E-state index in [9.17, 15) is 4.79 Å². The molecule has 2 heterocycles. The lowest BCUT2D eigenvalue weighted by atomic mass is 10.1. The van der Waals surface area contributed by atoms with Gasteiger partial charge in [0.15, 0.2) is 17.2 Å². The van der Waals surface area contributed by atoms with Gasteiger partial charge in [-0.15, -0.1) is 0 Å². The topological polar surface area (TPSA) is 101 Å². The standard InChI is InChI=1S/C21H26N4O5/c1-12-7-13(2)25(23-12)11-16-14(3)30-24-19(16)21(26)22-10-15-8-17(27-4)20(29-6)18(9-15)28-5/h7-9H,10-11H2,1-6H3,(H,22,26). The molecule has 1 aromatic carbocycles. The Balaban J connectivity index is 1.78. The Bertz CT molecular complexity index is 1030. The van der Waals surface area contributed by atoms with Crippen molar-refractivity contribution in [2.45, 2.75) is 33.9 Å². The molecule has 0 radical (unpaired) electrons. The fourth-order valence-electron chi connectivity index (χ4n) is 3.24. The summed E-state index contributed by atoms with van der Waals surface area (Å²) in [6.07, 6.45) is 0. The number of methoxy groups -OCH3 is 3. The van der Waals surface area contributed by atoms with Crippen LogP contribution in [-0.2, 0) is 13.1 Å². The predicted octanol–water partition coefficient (Wildman–Crippen LogP) is 2.80. The molecule has 0 aliphatic carbocycles. The number of hydrogen-bond donors (Lipinski definition) is 1. The lowest BCUT2D eigenvalue weighted by Crippen LogP contribution is -2.25. The normalized spacial score (nSPS) is 10.7. The SMILES string of the molecule is COc1cc(CNC(=O)c2noc(C)c2Cn2nc(C)cc2C)cc(OC)c1OC. The first-order valence-electron chi connectivity index (χ1n) is 9.41. The monoisotopic (exact) mass is 414 g/mol. The number of nitrogens with zero attached hydrogens (tertiary/aromatic N) is 3. The maximum absolute atomic E-state index is 12.8. The molecule has 2 aromatic heterocycles. The van der Waals surface area contributed by atoms with E-state index in [1.54, 1.807) is 40.4 Å². The Hall–Kier alpha value is -3.49. The molecule has 1 amide bonds. The molecule has 0 saturated heterocycles. The number of hydrogen-bond acceptors (Lipinski definition) is 7. The second-order valence-electron chi connectivity index (χ2n) is 6.87. The van der Waals surface area contributed by atoms with Gasteiger partial charge in [-0.1, -0.05) is 5.16 Å². The van der Waals surface area contributed by atoms with E-state index >= 15 is 0 Å². The van der Waals surface area contributed by atoms with Crippen molar-refractivity contribution in [1.82, 2.24) is 20.3 Å². The number of rotatable bonds is 8. The van der Waals surface area contributed by atoms with Crippen LogP contribution in [0.1, 0.15) is 38.8 Å². The van der Waals surface area contributed by atoms with Gasteiger partial charge in [-0.3, -0.25) is 9.48 Å². The van der Waals surface area contributed by atoms with Gasteiger partial charge >= 0.3 is 0 Å². The Morgan fingerprint density at radius 3 is 2.27 bits per heavy atom. The van der Waals surface area contributed by atoms with Gasteiger partial charge in [-0.05, 0) is 44.5 Å². The highest BCUT2D eigenvalue weighted by Gasteiger charge is 2.21. The lowest BCUT2D eigenvalue weighted by Gasteiger charge is -2.14. The summed E-state index contributed by atoms with van der Waals surface area (Å²) < 4.78 is 23.1. The molecule has 0 aliphatic rings. The van der Waals surface area contributed by atoms with Gasteiger partial charge < -0.3 is 24.1 Å². The molecule has 30 heavy (non-hydrogen) atoms. The number of nitrogens with one attached hydrogen (secondary N) is 1. The van der Waals surface area contributed by atoms with Crippen LogP contribution in [0.4, 0.5) is 0 Å². The van der Waals surface area contributed by atoms with E-state index in [-0.39, 0.29) is 18.1 Å². The highest BCUT2D eigenvalue weighted by molar-refractivity contribution is 5.93. The summed E-state index contributed by atoms with van der Waals surface area (Å²) in [6.45, 7) is 6.33. The maximum atomic E-state index is 12.8. The van der Waals surface area contributed by atoms with Crippen LogP contribution >= 0.6 is 0 Å². The molecule has 0 saturated carbocycles. The highest BCUT2D eigenvalue weighted by Crippen LogP contribution is 2.38. The van der Waals surface area contributed by atoms with Gasteiger partial charge in [0.2, 0.25) is 5.75 Å². The number of aromatic nitrogens is 3. The number of aryl methyl sites for hydroxylation is 3. The van der Waals surface area contributed by atoms with Gasteiger partial charge in [-0.25, -0.2) is 0 Å². The third-order valence-electron chi connectivity index (χ3n) is 4.79. The van der Waals surface area contributed by atoms with Crippen LogP contribution in [-0.4, -0.2) is 42.2 Å². The van der Waals surface area contributed by atoms with Crippen LogP contribution in [0.2, 0.25) is 0 Å². The number of carbonyl (C=O) groups is 1. The Labute approximate surface area is 174 Å². The first kappa shape index (κ1) is 21.2. The molecule has 0 aliphatic heterocycles. The molecule has 0 unspecified atom stereocenters. The van der Waals surface area contributed by atoms with Crippen molar-refractivity contribution in [1.29, 1.82) is 0 Å². The molecule has 1 N–H and O–H groups in total. The van der Waals surface area contributed by atoms with E-state index < -0.39 is 0 Å². The smallest absolute Gasteiger partial charge is 0.274 e. The zero-order valence-electron chi connectivity index (χ0n) is 18.0. The Morgan fingerprint density at radius 1 is 1.07 bits per heavy atom. The van der Waals surface area contributed by atoms with Crippen LogP contribution in [0.25, 0.3) is 0 Å². The van der Waals surface area contributed by atoms with Crippen molar-refractivity contribution in [2.24, 2.45) is 0 Å². The molecular formula is C21H26N4O5. The summed E-state index contributed by atoms with van der Waals surface area (Å²) in [5.41, 5.74) is 3.64. The van der Waals surface area contributed by atoms with E-state index in [1.807, 2.05) is 24.6 Å². The molecule has 3 aromatic rings. The zero-order chi connectivity index (χ0) is 21.8. The predicted molar refractivity (Wildman–Crippen MR) is 109 cm³/mol. The highest BCUT2D eigenvalue weighted by atomic mass is 16.5. The summed E-state index contributed by atoms with van der Waals surface area (Å²) in [5, 5.41) is 11.3. The summed E-state index contributed by atoms with van der Waals surface area (Å²) in [4.78, 5) is 12.8. The first-order chi connectivity index (χ1) is 14.4. The first-order valence-corrected chi connectivity index (χ1v) is 9.41. The Kier molecular flexibility index (Phi) is 6.29. The van der Waals surface area contributed by atoms with Crippen LogP contribution < -0.4 is 19.5 Å². The van der Waals surface area contributed by atoms with E-state index in [0.717, 1.165) is 17.0 Å². The molecular weight excluding hydrogens is 388 g/mol. The van der Waals surface area contributed by atoms with Gasteiger partial charge in [0.1, 0.15) is 5.76 Å². The van der Waals surface area contributed by atoms with Gasteiger partial charge in [0, 0.05) is 17.8 Å². The average Bonchev–Trinajstić information content (AvgIpc) is 3.26. The van der Waals surface area contributed by atoms with Crippen LogP contribution in [0.3, 0.4) is 0 Å². The van der Waals surface area contributed by atoms with Crippen LogP contribution in [0.5, 0.6) is 17.2 Å². The quantitative estimate of drug-likeness (QED) is 0.605. The third-order valence-corrected chi connectivity index (χ3v) is 4.79. The molecule has 160 valence electrons. The lowest BCUT2D eigenvalue weighted by molar-refractivity contribution is 0.0940. The summed E-state index contributed by atoms with van der Waals surface area (Å²) in [7, 11) is 4.63. The third kappa shape index (κ3) is 4.24. The summed E-state index contributed by atoms with van der Waals surface area (Å²) >= 11 is 0. The summed E-state index contributed by atoms with van der Waals surface area (Å²) in [5.74, 6) is 1.78. The second kappa shape index (κ2) is 8.89. The van der Waals surface area contributed by atoms with Crippen molar-refractivity contribution >= 4 is 5.91 Å². The van der Waals surface area contributed by atoms with Gasteiger partial charge in [-0.2, -0.15) is 5.10 Å². The Morgan fingerprint density at radius 2 is 1.73 bits per heavy atom. The fraction of sp³-hybridized carbons (Fsp3) is 0.381. The molecule has 0 atom stereocenters. The molecule has 9 nitrogen and oxygen atoms in total. The van der Waals surface area contributed by atoms with Gasteiger partial charge in [0.05, 0.1) is 33.6 Å². The average molecular weight is 414 g/mol. The minimum atomic E-state index is -0.336. The number of carbonyl (C=O) groups excluding carboxylic acids is 1.